The normalized spacial score (nSPS) is 24.5. The number of piperidine rings is 1. The van der Waals surface area contributed by atoms with Gasteiger partial charge in [-0.3, -0.25) is 9.69 Å². The van der Waals surface area contributed by atoms with E-state index in [1.165, 1.54) is 0 Å². The zero-order valence-electron chi connectivity index (χ0n) is 14.5. The molecule has 0 saturated carbocycles. The van der Waals surface area contributed by atoms with Gasteiger partial charge in [0.1, 0.15) is 18.5 Å². The summed E-state index contributed by atoms with van der Waals surface area (Å²) in [5.74, 6) is 0.906. The highest BCUT2D eigenvalue weighted by Crippen LogP contribution is 2.42. The zero-order chi connectivity index (χ0) is 16.6. The Labute approximate surface area is 171 Å². The number of rotatable bonds is 2. The minimum absolute atomic E-state index is 0. The van der Waals surface area contributed by atoms with Crippen LogP contribution in [0.4, 0.5) is 0 Å². The first-order valence-electron chi connectivity index (χ1n) is 8.70. The standard InChI is InChI=1S/C18H23ClN2O3.2ClH/c19-14-1-2-16-13(9-14)11-21(7-8-23-16)12-15-10-18(17(22)24-15)3-5-20-6-4-18;;/h1-2,9,15,20H,3-8,10-12H2;2*1H. The van der Waals surface area contributed by atoms with Crippen LogP contribution in [0.5, 0.6) is 5.75 Å². The van der Waals surface area contributed by atoms with E-state index in [4.69, 9.17) is 21.1 Å². The smallest absolute Gasteiger partial charge is 0.312 e. The van der Waals surface area contributed by atoms with Crippen LogP contribution in [0, 0.1) is 5.41 Å². The SMILES string of the molecule is Cl.Cl.O=C1OC(CN2CCOc3ccc(Cl)cc3C2)CC12CCNCC2. The first-order valence-corrected chi connectivity index (χ1v) is 9.08. The van der Waals surface area contributed by atoms with Crippen LogP contribution in [0.3, 0.4) is 0 Å². The number of fused-ring (bicyclic) bond motifs is 1. The van der Waals surface area contributed by atoms with Crippen molar-refractivity contribution in [3.05, 3.63) is 28.8 Å². The van der Waals surface area contributed by atoms with E-state index in [0.717, 1.165) is 68.3 Å². The van der Waals surface area contributed by atoms with E-state index in [1.54, 1.807) is 0 Å². The van der Waals surface area contributed by atoms with Gasteiger partial charge >= 0.3 is 5.97 Å². The molecule has 1 atom stereocenters. The summed E-state index contributed by atoms with van der Waals surface area (Å²) in [6.45, 7) is 4.82. The third-order valence-electron chi connectivity index (χ3n) is 5.43. The molecular weight excluding hydrogens is 399 g/mol. The second-order valence-electron chi connectivity index (χ2n) is 7.10. The minimum Gasteiger partial charge on any atom is -0.492 e. The van der Waals surface area contributed by atoms with Crippen molar-refractivity contribution in [2.75, 3.05) is 32.8 Å². The van der Waals surface area contributed by atoms with Crippen molar-refractivity contribution in [2.45, 2.75) is 31.9 Å². The molecule has 2 fully saturated rings. The summed E-state index contributed by atoms with van der Waals surface area (Å²) in [5.41, 5.74) is 0.848. The maximum absolute atomic E-state index is 12.4. The van der Waals surface area contributed by atoms with E-state index in [2.05, 4.69) is 10.2 Å². The zero-order valence-corrected chi connectivity index (χ0v) is 16.9. The molecule has 8 heteroatoms. The van der Waals surface area contributed by atoms with E-state index >= 15 is 0 Å². The predicted octanol–water partition coefficient (Wildman–Crippen LogP) is 3.06. The maximum Gasteiger partial charge on any atom is 0.312 e. The number of nitrogens with zero attached hydrogens (tertiary/aromatic N) is 1. The molecule has 0 aliphatic carbocycles. The average Bonchev–Trinajstić information content (AvgIpc) is 2.73. The summed E-state index contributed by atoms with van der Waals surface area (Å²) < 4.78 is 11.5. The van der Waals surface area contributed by atoms with Crippen LogP contribution in [0.1, 0.15) is 24.8 Å². The quantitative estimate of drug-likeness (QED) is 0.741. The van der Waals surface area contributed by atoms with E-state index in [9.17, 15) is 4.79 Å². The van der Waals surface area contributed by atoms with Crippen molar-refractivity contribution in [1.82, 2.24) is 10.2 Å². The molecule has 5 nitrogen and oxygen atoms in total. The number of cyclic esters (lactones) is 1. The fourth-order valence-corrected chi connectivity index (χ4v) is 4.31. The Bertz CT molecular complexity index is 638. The molecule has 0 bridgehead atoms. The summed E-state index contributed by atoms with van der Waals surface area (Å²) in [4.78, 5) is 14.7. The number of benzene rings is 1. The molecule has 1 unspecified atom stereocenters. The molecule has 4 rings (SSSR count). The van der Waals surface area contributed by atoms with Crippen molar-refractivity contribution in [3.8, 4) is 5.75 Å². The fraction of sp³-hybridized carbons (Fsp3) is 0.611. The van der Waals surface area contributed by atoms with Crippen LogP contribution in [-0.2, 0) is 16.1 Å². The van der Waals surface area contributed by atoms with Crippen LogP contribution in [0.15, 0.2) is 18.2 Å². The lowest BCUT2D eigenvalue weighted by Crippen LogP contribution is -2.40. The first kappa shape index (κ1) is 21.6. The Morgan fingerprint density at radius 3 is 2.81 bits per heavy atom. The molecule has 1 aromatic rings. The number of carbonyl (C=O) groups is 1. The van der Waals surface area contributed by atoms with Gasteiger partial charge < -0.3 is 14.8 Å². The Hall–Kier alpha value is -0.720. The van der Waals surface area contributed by atoms with Gasteiger partial charge in [0.25, 0.3) is 0 Å². The average molecular weight is 424 g/mol. The third kappa shape index (κ3) is 4.39. The number of nitrogens with one attached hydrogen (secondary N) is 1. The molecule has 1 aromatic carbocycles. The molecule has 3 aliphatic rings. The first-order chi connectivity index (χ1) is 11.6. The van der Waals surface area contributed by atoms with Crippen LogP contribution in [-0.4, -0.2) is 49.8 Å². The molecule has 0 amide bonds. The van der Waals surface area contributed by atoms with Gasteiger partial charge in [-0.2, -0.15) is 0 Å². The summed E-state index contributed by atoms with van der Waals surface area (Å²) in [6, 6.07) is 5.75. The Morgan fingerprint density at radius 1 is 1.27 bits per heavy atom. The molecule has 2 saturated heterocycles. The molecule has 3 heterocycles. The second kappa shape index (κ2) is 8.98. The summed E-state index contributed by atoms with van der Waals surface area (Å²) in [6.07, 6.45) is 2.61. The number of esters is 1. The molecule has 26 heavy (non-hydrogen) atoms. The van der Waals surface area contributed by atoms with Crippen LogP contribution < -0.4 is 10.1 Å². The molecule has 1 N–H and O–H groups in total. The van der Waals surface area contributed by atoms with Crippen molar-refractivity contribution >= 4 is 42.4 Å². The maximum atomic E-state index is 12.4. The number of hydrogen-bond acceptors (Lipinski definition) is 5. The van der Waals surface area contributed by atoms with Crippen LogP contribution >= 0.6 is 36.4 Å². The van der Waals surface area contributed by atoms with Crippen molar-refractivity contribution in [2.24, 2.45) is 5.41 Å². The van der Waals surface area contributed by atoms with Crippen molar-refractivity contribution in [3.63, 3.8) is 0 Å². The molecule has 3 aliphatic heterocycles. The Kier molecular flexibility index (Phi) is 7.45. The summed E-state index contributed by atoms with van der Waals surface area (Å²) >= 11 is 6.12. The van der Waals surface area contributed by atoms with Gasteiger partial charge in [-0.15, -0.1) is 24.8 Å². The monoisotopic (exact) mass is 422 g/mol. The lowest BCUT2D eigenvalue weighted by Gasteiger charge is -2.29. The van der Waals surface area contributed by atoms with Crippen LogP contribution in [0.2, 0.25) is 5.02 Å². The molecule has 146 valence electrons. The topological polar surface area (TPSA) is 50.8 Å². The lowest BCUT2D eigenvalue weighted by atomic mass is 9.76. The van der Waals surface area contributed by atoms with Gasteiger partial charge in [0, 0.05) is 36.6 Å². The number of hydrogen-bond donors (Lipinski definition) is 1. The highest BCUT2D eigenvalue weighted by molar-refractivity contribution is 6.30. The molecule has 0 radical (unpaired) electrons. The van der Waals surface area contributed by atoms with Gasteiger partial charge in [0.15, 0.2) is 0 Å². The largest absolute Gasteiger partial charge is 0.492 e. The van der Waals surface area contributed by atoms with Crippen LogP contribution in [0.25, 0.3) is 0 Å². The van der Waals surface area contributed by atoms with E-state index in [0.29, 0.717) is 6.61 Å². The van der Waals surface area contributed by atoms with E-state index in [-0.39, 0.29) is 42.3 Å². The summed E-state index contributed by atoms with van der Waals surface area (Å²) in [7, 11) is 0. The van der Waals surface area contributed by atoms with Gasteiger partial charge in [-0.05, 0) is 44.1 Å². The van der Waals surface area contributed by atoms with E-state index in [1.807, 2.05) is 18.2 Å². The number of halogens is 3. The highest BCUT2D eigenvalue weighted by atomic mass is 35.5. The van der Waals surface area contributed by atoms with Gasteiger partial charge in [0.05, 0.1) is 5.41 Å². The number of carbonyl (C=O) groups excluding carboxylic acids is 1. The molecular formula is C18H25Cl3N2O3. The second-order valence-corrected chi connectivity index (χ2v) is 7.53. The van der Waals surface area contributed by atoms with Crippen molar-refractivity contribution in [1.29, 1.82) is 0 Å². The third-order valence-corrected chi connectivity index (χ3v) is 5.66. The fourth-order valence-electron chi connectivity index (χ4n) is 4.11. The van der Waals surface area contributed by atoms with Gasteiger partial charge in [-0.25, -0.2) is 0 Å². The van der Waals surface area contributed by atoms with Crippen molar-refractivity contribution < 1.29 is 14.3 Å². The Morgan fingerprint density at radius 2 is 2.04 bits per heavy atom. The summed E-state index contributed by atoms with van der Waals surface area (Å²) in [5, 5.41) is 4.05. The molecule has 1 spiro atoms. The minimum atomic E-state index is -0.251. The lowest BCUT2D eigenvalue weighted by molar-refractivity contribution is -0.150. The Balaban J connectivity index is 0.00000121. The van der Waals surface area contributed by atoms with E-state index < -0.39 is 0 Å². The predicted molar refractivity (Wildman–Crippen MR) is 106 cm³/mol. The van der Waals surface area contributed by atoms with Gasteiger partial charge in [-0.1, -0.05) is 11.6 Å². The number of ether oxygens (including phenoxy) is 2. The molecule has 0 aromatic heterocycles. The van der Waals surface area contributed by atoms with Gasteiger partial charge in [0.2, 0.25) is 0 Å². The highest BCUT2D eigenvalue weighted by Gasteiger charge is 2.49.